The number of hydrogen-bond donors (Lipinski definition) is 1. The van der Waals surface area contributed by atoms with Gasteiger partial charge in [-0.25, -0.2) is 0 Å². The molecule has 1 N–H and O–H groups in total. The summed E-state index contributed by atoms with van der Waals surface area (Å²) in [5, 5.41) is 9.54. The first-order valence-electron chi connectivity index (χ1n) is 30.2. The van der Waals surface area contributed by atoms with Crippen molar-refractivity contribution < 1.29 is 0 Å². The van der Waals surface area contributed by atoms with E-state index in [1.165, 1.54) is 114 Å². The van der Waals surface area contributed by atoms with E-state index >= 15 is 0 Å². The maximum atomic E-state index is 4.37. The second-order valence-electron chi connectivity index (χ2n) is 24.3. The number of para-hydroxylation sites is 2. The Morgan fingerprint density at radius 1 is 0.447 bits per heavy atom. The molecular formula is C80H62BN3S. The summed E-state index contributed by atoms with van der Waals surface area (Å²) < 4.78 is 5.23. The lowest BCUT2D eigenvalue weighted by molar-refractivity contribution is 0.591. The molecule has 0 bridgehead atoms. The Hall–Kier alpha value is -9.68. The van der Waals surface area contributed by atoms with Gasteiger partial charge in [0.15, 0.2) is 0 Å². The fourth-order valence-electron chi connectivity index (χ4n) is 14.0. The van der Waals surface area contributed by atoms with Crippen molar-refractivity contribution in [3.05, 3.63) is 272 Å². The van der Waals surface area contributed by atoms with Crippen LogP contribution in [-0.2, 0) is 11.8 Å². The first kappa shape index (κ1) is 51.0. The molecule has 0 unspecified atom stereocenters. The molecule has 3 nitrogen and oxygen atoms in total. The Kier molecular flexibility index (Phi) is 12.2. The van der Waals surface area contributed by atoms with Crippen molar-refractivity contribution >= 4 is 105 Å². The molecule has 14 aromatic rings. The Bertz CT molecular complexity index is 4820. The molecule has 12 aromatic carbocycles. The fourth-order valence-corrected chi connectivity index (χ4v) is 15.3. The van der Waals surface area contributed by atoms with Crippen molar-refractivity contribution in [1.29, 1.82) is 0 Å². The van der Waals surface area contributed by atoms with Crippen molar-refractivity contribution in [2.75, 3.05) is 10.2 Å². The van der Waals surface area contributed by atoms with Gasteiger partial charge in [-0.3, -0.25) is 0 Å². The van der Waals surface area contributed by atoms with Gasteiger partial charge < -0.3 is 14.8 Å². The number of aryl methyl sites for hydroxylation is 1. The number of aromatic nitrogens is 1. The monoisotopic (exact) mass is 1110 g/mol. The van der Waals surface area contributed by atoms with E-state index in [0.29, 0.717) is 0 Å². The van der Waals surface area contributed by atoms with Gasteiger partial charge in [-0.05, 0) is 145 Å². The van der Waals surface area contributed by atoms with E-state index in [0.717, 1.165) is 64.3 Å². The van der Waals surface area contributed by atoms with E-state index in [1.807, 2.05) is 11.3 Å². The van der Waals surface area contributed by atoms with Crippen LogP contribution in [0.4, 0.5) is 28.4 Å². The minimum atomic E-state index is -0.207. The molecule has 0 spiro atoms. The molecule has 0 amide bonds. The first-order valence-corrected chi connectivity index (χ1v) is 31.0. The van der Waals surface area contributed by atoms with E-state index in [-0.39, 0.29) is 12.1 Å². The summed E-state index contributed by atoms with van der Waals surface area (Å²) in [4.78, 5) is 2.68. The van der Waals surface area contributed by atoms with E-state index in [2.05, 4.69) is 303 Å². The predicted octanol–water partition coefficient (Wildman–Crippen LogP) is 20.5. The van der Waals surface area contributed by atoms with Gasteiger partial charge in [0, 0.05) is 76.1 Å². The molecule has 16 rings (SSSR count). The van der Waals surface area contributed by atoms with Crippen LogP contribution in [0.3, 0.4) is 0 Å². The van der Waals surface area contributed by atoms with E-state index in [9.17, 15) is 0 Å². The van der Waals surface area contributed by atoms with Crippen LogP contribution >= 0.6 is 11.3 Å². The van der Waals surface area contributed by atoms with Crippen LogP contribution in [0.15, 0.2) is 261 Å². The number of thiophene rings is 1. The number of nitrogens with one attached hydrogen (secondary N) is 1. The molecule has 0 radical (unpaired) electrons. The second-order valence-corrected chi connectivity index (χ2v) is 25.3. The summed E-state index contributed by atoms with van der Waals surface area (Å²) in [5.41, 5.74) is 27.6. The number of rotatable bonds is 10. The van der Waals surface area contributed by atoms with Crippen molar-refractivity contribution in [3.63, 3.8) is 0 Å². The van der Waals surface area contributed by atoms with Gasteiger partial charge >= 0.3 is 0 Å². The minimum absolute atomic E-state index is 0.146. The number of benzene rings is 12. The molecule has 0 atom stereocenters. The van der Waals surface area contributed by atoms with E-state index in [4.69, 9.17) is 0 Å². The lowest BCUT2D eigenvalue weighted by Crippen LogP contribution is -2.60. The van der Waals surface area contributed by atoms with Crippen LogP contribution in [0.5, 0.6) is 0 Å². The summed E-state index contributed by atoms with van der Waals surface area (Å²) in [6, 6.07) is 98.2. The van der Waals surface area contributed by atoms with Crippen molar-refractivity contribution in [1.82, 2.24) is 4.57 Å². The fraction of sp³-hybridized carbons (Fsp3) is 0.100. The normalized spacial score (nSPS) is 12.7. The SMILES string of the molecule is CCCCc1c(-c2cc(-c3ccccc3)cc3c2Nc2cc(C(C)(C)C)cc4c2B3c2ccc(-n3c5ccccc5c5ccccc53)cc2N4c2c(-c3ccccc3)cc(-c3ccccc3)cc2-c2ccccc2)ccc2c1sc1ccccc12. The highest BCUT2D eigenvalue weighted by atomic mass is 32.1. The summed E-state index contributed by atoms with van der Waals surface area (Å²) >= 11 is 1.96. The van der Waals surface area contributed by atoms with Crippen LogP contribution in [0, 0.1) is 0 Å². The van der Waals surface area contributed by atoms with Crippen LogP contribution in [0.25, 0.3) is 103 Å². The maximum Gasteiger partial charge on any atom is 0.252 e. The van der Waals surface area contributed by atoms with Crippen LogP contribution in [0.2, 0.25) is 0 Å². The van der Waals surface area contributed by atoms with E-state index in [1.54, 1.807) is 0 Å². The lowest BCUT2D eigenvalue weighted by Gasteiger charge is -2.43. The molecule has 5 heteroatoms. The van der Waals surface area contributed by atoms with Gasteiger partial charge in [-0.15, -0.1) is 11.3 Å². The molecule has 0 saturated heterocycles. The molecule has 406 valence electrons. The summed E-state index contributed by atoms with van der Waals surface area (Å²) in [5.74, 6) is 0. The third-order valence-corrected chi connectivity index (χ3v) is 19.4. The first-order chi connectivity index (χ1) is 41.8. The average molecular weight is 1110 g/mol. The molecular weight excluding hydrogens is 1050 g/mol. The van der Waals surface area contributed by atoms with Crippen molar-refractivity contribution in [2.24, 2.45) is 0 Å². The van der Waals surface area contributed by atoms with Crippen LogP contribution in [-0.4, -0.2) is 11.3 Å². The molecule has 85 heavy (non-hydrogen) atoms. The van der Waals surface area contributed by atoms with E-state index < -0.39 is 0 Å². The average Bonchev–Trinajstić information content (AvgIpc) is 1.54. The molecule has 2 aliphatic rings. The zero-order chi connectivity index (χ0) is 56.9. The Morgan fingerprint density at radius 3 is 1.61 bits per heavy atom. The molecule has 2 aliphatic heterocycles. The maximum absolute atomic E-state index is 4.37. The molecule has 4 heterocycles. The predicted molar refractivity (Wildman–Crippen MR) is 367 cm³/mol. The highest BCUT2D eigenvalue weighted by molar-refractivity contribution is 7.26. The highest BCUT2D eigenvalue weighted by Gasteiger charge is 2.44. The largest absolute Gasteiger partial charge is 0.356 e. The van der Waals surface area contributed by atoms with Gasteiger partial charge in [0.25, 0.3) is 6.71 Å². The van der Waals surface area contributed by atoms with Crippen LogP contribution in [0.1, 0.15) is 51.7 Å². The van der Waals surface area contributed by atoms with Gasteiger partial charge in [0.05, 0.1) is 16.7 Å². The van der Waals surface area contributed by atoms with Crippen molar-refractivity contribution in [2.45, 2.75) is 52.4 Å². The Morgan fingerprint density at radius 2 is 1.00 bits per heavy atom. The van der Waals surface area contributed by atoms with Gasteiger partial charge in [0.1, 0.15) is 0 Å². The number of unbranched alkanes of at least 4 members (excludes halogenated alkanes) is 1. The topological polar surface area (TPSA) is 20.2 Å². The second kappa shape index (κ2) is 20.3. The summed E-state index contributed by atoms with van der Waals surface area (Å²) in [6.45, 7) is 9.29. The smallest absolute Gasteiger partial charge is 0.252 e. The number of anilines is 5. The van der Waals surface area contributed by atoms with Gasteiger partial charge in [-0.2, -0.15) is 0 Å². The quantitative estimate of drug-likeness (QED) is 0.138. The summed E-state index contributed by atoms with van der Waals surface area (Å²) in [7, 11) is 0. The highest BCUT2D eigenvalue weighted by Crippen LogP contribution is 2.53. The standard InChI is InChI=1S/C80H62BN3S/c1-5-6-33-63-59(41-42-64-62-36-21-24-39-75(62)85-79(63)64)67-46-56(52-27-13-8-14-28-52)47-69-77(67)82-70-48-57(80(2,3)4)49-74-76(70)81(69)68-43-40-58(83-71-37-22-19-34-60(71)61-35-20-23-38-72(61)83)50-73(68)84(74)78-65(53-29-15-9-16-30-53)44-55(51-25-11-7-12-26-51)45-66(78)54-31-17-10-18-32-54/h7-32,34-50,82H,5-6,33H2,1-4H3. The number of hydrogen-bond acceptors (Lipinski definition) is 3. The lowest BCUT2D eigenvalue weighted by atomic mass is 9.33. The molecule has 0 aliphatic carbocycles. The third-order valence-electron chi connectivity index (χ3n) is 18.1. The van der Waals surface area contributed by atoms with Gasteiger partial charge in [0.2, 0.25) is 0 Å². The number of nitrogens with zero attached hydrogens (tertiary/aromatic N) is 2. The van der Waals surface area contributed by atoms with Crippen molar-refractivity contribution in [3.8, 4) is 61.3 Å². The molecule has 2 aromatic heterocycles. The Labute approximate surface area is 502 Å². The zero-order valence-electron chi connectivity index (χ0n) is 48.3. The zero-order valence-corrected chi connectivity index (χ0v) is 49.1. The molecule has 0 fully saturated rings. The molecule has 0 saturated carbocycles. The Balaban J connectivity index is 1.05. The minimum Gasteiger partial charge on any atom is -0.356 e. The van der Waals surface area contributed by atoms with Gasteiger partial charge in [-0.1, -0.05) is 234 Å². The third kappa shape index (κ3) is 8.39. The summed E-state index contributed by atoms with van der Waals surface area (Å²) in [6.07, 6.45) is 3.22. The number of fused-ring (bicyclic) bond motifs is 10. The van der Waals surface area contributed by atoms with Crippen LogP contribution < -0.4 is 26.6 Å².